The highest BCUT2D eigenvalue weighted by molar-refractivity contribution is 7.09. The molecule has 1 amide bonds. The molecule has 22 heavy (non-hydrogen) atoms. The normalized spacial score (nSPS) is 23.4. The first-order chi connectivity index (χ1) is 10.7. The van der Waals surface area contributed by atoms with Crippen LogP contribution in [0.25, 0.3) is 0 Å². The van der Waals surface area contributed by atoms with Crippen LogP contribution in [0.15, 0.2) is 11.6 Å². The summed E-state index contributed by atoms with van der Waals surface area (Å²) in [6.07, 6.45) is 3.56. The Bertz CT molecular complexity index is 500. The maximum atomic E-state index is 12.9. The van der Waals surface area contributed by atoms with Crippen LogP contribution < -0.4 is 0 Å². The Balaban J connectivity index is 1.65. The van der Waals surface area contributed by atoms with Crippen LogP contribution in [-0.4, -0.2) is 82.6 Å². The highest BCUT2D eigenvalue weighted by Gasteiger charge is 2.48. The van der Waals surface area contributed by atoms with Gasteiger partial charge in [0.2, 0.25) is 5.91 Å². The maximum Gasteiger partial charge on any atom is 0.243 e. The van der Waals surface area contributed by atoms with Crippen molar-refractivity contribution in [1.29, 1.82) is 0 Å². The number of piperazine rings is 1. The van der Waals surface area contributed by atoms with E-state index in [1.807, 2.05) is 16.5 Å². The van der Waals surface area contributed by atoms with E-state index < -0.39 is 0 Å². The van der Waals surface area contributed by atoms with E-state index in [-0.39, 0.29) is 18.1 Å². The lowest BCUT2D eigenvalue weighted by Crippen LogP contribution is -2.67. The molecule has 2 aliphatic heterocycles. The van der Waals surface area contributed by atoms with Crippen molar-refractivity contribution in [3.8, 4) is 0 Å². The van der Waals surface area contributed by atoms with E-state index in [0.29, 0.717) is 6.54 Å². The van der Waals surface area contributed by atoms with Gasteiger partial charge in [-0.25, -0.2) is 4.98 Å². The molecule has 0 saturated carbocycles. The zero-order valence-electron chi connectivity index (χ0n) is 13.1. The van der Waals surface area contributed by atoms with Gasteiger partial charge in [-0.2, -0.15) is 0 Å². The molecule has 2 saturated heterocycles. The summed E-state index contributed by atoms with van der Waals surface area (Å²) in [5, 5.41) is 12.3. The van der Waals surface area contributed by atoms with Gasteiger partial charge in [0.25, 0.3) is 0 Å². The maximum absolute atomic E-state index is 12.9. The van der Waals surface area contributed by atoms with E-state index in [1.165, 1.54) is 0 Å². The second-order valence-corrected chi connectivity index (χ2v) is 7.15. The molecular formula is C15H24N4O2S. The van der Waals surface area contributed by atoms with Gasteiger partial charge in [0.1, 0.15) is 10.5 Å². The number of carbonyl (C=O) groups is 1. The highest BCUT2D eigenvalue weighted by Crippen LogP contribution is 2.33. The fourth-order valence-electron chi connectivity index (χ4n) is 3.58. The predicted molar refractivity (Wildman–Crippen MR) is 85.7 cm³/mol. The van der Waals surface area contributed by atoms with Crippen LogP contribution in [-0.2, 0) is 11.3 Å². The molecule has 3 rings (SSSR count). The van der Waals surface area contributed by atoms with Gasteiger partial charge in [0.05, 0.1) is 13.2 Å². The lowest BCUT2D eigenvalue weighted by atomic mass is 9.83. The number of nitrogens with zero attached hydrogens (tertiary/aromatic N) is 4. The molecule has 0 atom stereocenters. The molecule has 7 heteroatoms. The monoisotopic (exact) mass is 324 g/mol. The summed E-state index contributed by atoms with van der Waals surface area (Å²) in [6.45, 7) is 4.83. The van der Waals surface area contributed by atoms with Crippen molar-refractivity contribution in [1.82, 2.24) is 19.7 Å². The first-order valence-electron chi connectivity index (χ1n) is 7.88. The van der Waals surface area contributed by atoms with E-state index >= 15 is 0 Å². The van der Waals surface area contributed by atoms with E-state index in [9.17, 15) is 4.79 Å². The molecule has 0 bridgehead atoms. The molecule has 1 N–H and O–H groups in total. The van der Waals surface area contributed by atoms with E-state index in [4.69, 9.17) is 5.11 Å². The third-order valence-corrected chi connectivity index (χ3v) is 5.78. The average Bonchev–Trinajstić information content (AvgIpc) is 3.03. The lowest BCUT2D eigenvalue weighted by Gasteiger charge is -2.51. The SMILES string of the molecule is CN1CCN(CCO)C(=O)C12CCN(Cc1nccs1)CC2. The second kappa shape index (κ2) is 6.62. The number of aliphatic hydroxyl groups excluding tert-OH is 1. The van der Waals surface area contributed by atoms with E-state index in [1.54, 1.807) is 11.3 Å². The predicted octanol–water partition coefficient (Wildman–Crippen LogP) is 0.244. The van der Waals surface area contributed by atoms with Crippen LogP contribution in [0.3, 0.4) is 0 Å². The first kappa shape index (κ1) is 15.9. The van der Waals surface area contributed by atoms with Gasteiger partial charge in [0, 0.05) is 44.3 Å². The molecule has 0 radical (unpaired) electrons. The largest absolute Gasteiger partial charge is 0.395 e. The summed E-state index contributed by atoms with van der Waals surface area (Å²) >= 11 is 1.69. The second-order valence-electron chi connectivity index (χ2n) is 6.17. The molecule has 2 aliphatic rings. The van der Waals surface area contributed by atoms with Crippen molar-refractivity contribution in [2.75, 3.05) is 46.4 Å². The molecule has 122 valence electrons. The standard InChI is InChI=1S/C15H24N4O2S/c1-17-7-8-19(9-10-20)14(21)15(17)2-5-18(6-3-15)12-13-16-4-11-22-13/h4,11,20H,2-3,5-10,12H2,1H3. The van der Waals surface area contributed by atoms with E-state index in [0.717, 1.165) is 50.6 Å². The highest BCUT2D eigenvalue weighted by atomic mass is 32.1. The number of amides is 1. The summed E-state index contributed by atoms with van der Waals surface area (Å²) in [6, 6.07) is 0. The minimum Gasteiger partial charge on any atom is -0.395 e. The first-order valence-corrected chi connectivity index (χ1v) is 8.76. The average molecular weight is 324 g/mol. The fraction of sp³-hybridized carbons (Fsp3) is 0.733. The number of aromatic nitrogens is 1. The molecule has 1 aromatic heterocycles. The van der Waals surface area contributed by atoms with Crippen LogP contribution in [0.4, 0.5) is 0 Å². The van der Waals surface area contributed by atoms with Gasteiger partial charge in [-0.05, 0) is 19.9 Å². The number of piperidine rings is 1. The van der Waals surface area contributed by atoms with Crippen molar-refractivity contribution < 1.29 is 9.90 Å². The van der Waals surface area contributed by atoms with Crippen molar-refractivity contribution in [2.24, 2.45) is 0 Å². The van der Waals surface area contributed by atoms with E-state index in [2.05, 4.69) is 21.8 Å². The zero-order chi connectivity index (χ0) is 15.6. The van der Waals surface area contributed by atoms with Crippen LogP contribution in [0.1, 0.15) is 17.8 Å². The number of likely N-dealkylation sites (tertiary alicyclic amines) is 1. The van der Waals surface area contributed by atoms with Gasteiger partial charge in [-0.1, -0.05) is 0 Å². The Hall–Kier alpha value is -1.02. The molecule has 0 aliphatic carbocycles. The third-order valence-electron chi connectivity index (χ3n) is 5.02. The van der Waals surface area contributed by atoms with Crippen molar-refractivity contribution in [3.05, 3.63) is 16.6 Å². The zero-order valence-corrected chi connectivity index (χ0v) is 13.9. The molecule has 3 heterocycles. The molecule has 0 aromatic carbocycles. The third kappa shape index (κ3) is 2.90. The van der Waals surface area contributed by atoms with Crippen molar-refractivity contribution >= 4 is 17.2 Å². The van der Waals surface area contributed by atoms with Gasteiger partial charge in [0.15, 0.2) is 0 Å². The minimum absolute atomic E-state index is 0.0434. The van der Waals surface area contributed by atoms with Crippen molar-refractivity contribution in [3.63, 3.8) is 0 Å². The number of hydrogen-bond donors (Lipinski definition) is 1. The van der Waals surface area contributed by atoms with Gasteiger partial charge >= 0.3 is 0 Å². The molecule has 0 unspecified atom stereocenters. The summed E-state index contributed by atoms with van der Waals surface area (Å²) in [4.78, 5) is 23.7. The summed E-state index contributed by atoms with van der Waals surface area (Å²) in [7, 11) is 2.06. The quantitative estimate of drug-likeness (QED) is 0.860. The summed E-state index contributed by atoms with van der Waals surface area (Å²) in [5.74, 6) is 0.198. The van der Waals surface area contributed by atoms with Crippen LogP contribution >= 0.6 is 11.3 Å². The molecule has 6 nitrogen and oxygen atoms in total. The lowest BCUT2D eigenvalue weighted by molar-refractivity contribution is -0.154. The number of β-amino-alcohol motifs (C(OH)–C–C–N with tert-alkyl or cyclic N) is 1. The van der Waals surface area contributed by atoms with Crippen LogP contribution in [0.5, 0.6) is 0 Å². The van der Waals surface area contributed by atoms with Gasteiger partial charge in [-0.15, -0.1) is 11.3 Å². The molecule has 1 spiro atoms. The summed E-state index contributed by atoms with van der Waals surface area (Å²) < 4.78 is 0. The number of rotatable bonds is 4. The van der Waals surface area contributed by atoms with Crippen LogP contribution in [0.2, 0.25) is 0 Å². The Kier molecular flexibility index (Phi) is 4.77. The van der Waals surface area contributed by atoms with Crippen LogP contribution in [0, 0.1) is 0 Å². The summed E-state index contributed by atoms with van der Waals surface area (Å²) in [5.41, 5.74) is -0.368. The fourth-order valence-corrected chi connectivity index (χ4v) is 4.23. The van der Waals surface area contributed by atoms with Gasteiger partial charge in [-0.3, -0.25) is 14.6 Å². The smallest absolute Gasteiger partial charge is 0.243 e. The Morgan fingerprint density at radius 1 is 1.32 bits per heavy atom. The number of thiazole rings is 1. The minimum atomic E-state index is -0.368. The topological polar surface area (TPSA) is 59.9 Å². The molecular weight excluding hydrogens is 300 g/mol. The Morgan fingerprint density at radius 3 is 2.73 bits per heavy atom. The number of aliphatic hydroxyl groups is 1. The Labute approximate surface area is 135 Å². The Morgan fingerprint density at radius 2 is 2.09 bits per heavy atom. The molecule has 2 fully saturated rings. The number of likely N-dealkylation sites (N-methyl/N-ethyl adjacent to an activating group) is 1. The van der Waals surface area contributed by atoms with Crippen molar-refractivity contribution in [2.45, 2.75) is 24.9 Å². The molecule has 1 aromatic rings. The number of hydrogen-bond acceptors (Lipinski definition) is 6. The number of carbonyl (C=O) groups excluding carboxylic acids is 1. The van der Waals surface area contributed by atoms with Gasteiger partial charge < -0.3 is 10.0 Å².